The second kappa shape index (κ2) is 7.40. The molecule has 1 amide bonds. The lowest BCUT2D eigenvalue weighted by Gasteiger charge is -2.22. The highest BCUT2D eigenvalue weighted by atomic mass is 16.5. The number of amides is 1. The number of carbonyl (C=O) groups is 1. The molecule has 2 rings (SSSR count). The Morgan fingerprint density at radius 2 is 2.40 bits per heavy atom. The summed E-state index contributed by atoms with van der Waals surface area (Å²) in [7, 11) is 0. The van der Waals surface area contributed by atoms with Crippen LogP contribution < -0.4 is 10.6 Å². The summed E-state index contributed by atoms with van der Waals surface area (Å²) < 4.78 is 5.47. The molecule has 112 valence electrons. The zero-order valence-electron chi connectivity index (χ0n) is 12.2. The molecular weight excluding hydrogens is 256 g/mol. The number of imidazole rings is 1. The Kier molecular flexibility index (Phi) is 5.55. The van der Waals surface area contributed by atoms with E-state index in [1.54, 1.807) is 6.33 Å². The first-order valence-electron chi connectivity index (χ1n) is 7.26. The number of fused-ring (bicyclic) bond motifs is 1. The molecule has 0 aromatic carbocycles. The van der Waals surface area contributed by atoms with Crippen LogP contribution in [0.15, 0.2) is 6.33 Å². The second-order valence-electron chi connectivity index (χ2n) is 5.55. The van der Waals surface area contributed by atoms with Crippen molar-refractivity contribution >= 4 is 5.91 Å². The van der Waals surface area contributed by atoms with Crippen LogP contribution in [0.25, 0.3) is 0 Å². The third-order valence-corrected chi connectivity index (χ3v) is 3.43. The maximum absolute atomic E-state index is 12.0. The first-order valence-corrected chi connectivity index (χ1v) is 7.26. The number of carbonyl (C=O) groups excluding carboxylic acids is 1. The molecule has 3 N–H and O–H groups in total. The van der Waals surface area contributed by atoms with Gasteiger partial charge in [0.1, 0.15) is 0 Å². The Morgan fingerprint density at radius 1 is 1.55 bits per heavy atom. The van der Waals surface area contributed by atoms with Crippen molar-refractivity contribution in [3.8, 4) is 0 Å². The molecular formula is C14H24N4O2. The Labute approximate surface area is 119 Å². The Balaban J connectivity index is 1.61. The molecule has 0 fully saturated rings. The standard InChI is InChI=1S/C14H24N4O2/c1-10(2)3-5-20-6-4-15-14(19)12-7-11-13(8-16-12)18-9-17-11/h9-10,12,16H,3-8H2,1-2H3,(H,15,19)(H,17,18). The number of ether oxygens (including phenoxy) is 1. The van der Waals surface area contributed by atoms with Gasteiger partial charge in [-0.05, 0) is 12.3 Å². The molecule has 6 nitrogen and oxygen atoms in total. The molecule has 1 atom stereocenters. The maximum Gasteiger partial charge on any atom is 0.237 e. The maximum atomic E-state index is 12.0. The Hall–Kier alpha value is -1.40. The van der Waals surface area contributed by atoms with Crippen molar-refractivity contribution in [1.82, 2.24) is 20.6 Å². The summed E-state index contributed by atoms with van der Waals surface area (Å²) in [5.41, 5.74) is 2.06. The quantitative estimate of drug-likeness (QED) is 0.639. The van der Waals surface area contributed by atoms with Gasteiger partial charge in [0, 0.05) is 26.1 Å². The molecule has 0 aliphatic carbocycles. The van der Waals surface area contributed by atoms with Crippen molar-refractivity contribution in [2.24, 2.45) is 5.92 Å². The number of aromatic nitrogens is 2. The van der Waals surface area contributed by atoms with Crippen molar-refractivity contribution in [2.45, 2.75) is 39.3 Å². The summed E-state index contributed by atoms with van der Waals surface area (Å²) in [5.74, 6) is 0.671. The van der Waals surface area contributed by atoms with Crippen molar-refractivity contribution < 1.29 is 9.53 Å². The van der Waals surface area contributed by atoms with Gasteiger partial charge in [0.15, 0.2) is 0 Å². The average Bonchev–Trinajstić information content (AvgIpc) is 2.89. The van der Waals surface area contributed by atoms with Crippen LogP contribution in [0.2, 0.25) is 0 Å². The largest absolute Gasteiger partial charge is 0.380 e. The summed E-state index contributed by atoms with van der Waals surface area (Å²) in [6.07, 6.45) is 3.37. The van der Waals surface area contributed by atoms with Crippen LogP contribution >= 0.6 is 0 Å². The van der Waals surface area contributed by atoms with E-state index in [-0.39, 0.29) is 11.9 Å². The predicted molar refractivity (Wildman–Crippen MR) is 76.2 cm³/mol. The van der Waals surface area contributed by atoms with Gasteiger partial charge in [-0.1, -0.05) is 13.8 Å². The summed E-state index contributed by atoms with van der Waals surface area (Å²) in [5, 5.41) is 6.10. The third-order valence-electron chi connectivity index (χ3n) is 3.43. The molecule has 1 aliphatic rings. The van der Waals surface area contributed by atoms with Crippen LogP contribution in [0.5, 0.6) is 0 Å². The molecule has 0 bridgehead atoms. The van der Waals surface area contributed by atoms with Crippen molar-refractivity contribution in [2.75, 3.05) is 19.8 Å². The molecule has 0 spiro atoms. The molecule has 1 unspecified atom stereocenters. The van der Waals surface area contributed by atoms with Crippen molar-refractivity contribution in [3.05, 3.63) is 17.7 Å². The van der Waals surface area contributed by atoms with E-state index in [4.69, 9.17) is 4.74 Å². The fraction of sp³-hybridized carbons (Fsp3) is 0.714. The average molecular weight is 280 g/mol. The third kappa shape index (κ3) is 4.31. The first-order chi connectivity index (χ1) is 9.66. The minimum Gasteiger partial charge on any atom is -0.380 e. The van der Waals surface area contributed by atoms with E-state index >= 15 is 0 Å². The number of hydrogen-bond acceptors (Lipinski definition) is 4. The summed E-state index contributed by atoms with van der Waals surface area (Å²) in [6, 6.07) is -0.193. The highest BCUT2D eigenvalue weighted by Crippen LogP contribution is 2.11. The number of nitrogens with one attached hydrogen (secondary N) is 3. The van der Waals surface area contributed by atoms with Crippen molar-refractivity contribution in [1.29, 1.82) is 0 Å². The van der Waals surface area contributed by atoms with Gasteiger partial charge in [-0.2, -0.15) is 0 Å². The number of aromatic amines is 1. The number of nitrogens with zero attached hydrogens (tertiary/aromatic N) is 1. The van der Waals surface area contributed by atoms with E-state index in [1.165, 1.54) is 0 Å². The van der Waals surface area contributed by atoms with Gasteiger partial charge in [0.25, 0.3) is 0 Å². The lowest BCUT2D eigenvalue weighted by atomic mass is 10.0. The van der Waals surface area contributed by atoms with Gasteiger partial charge >= 0.3 is 0 Å². The molecule has 20 heavy (non-hydrogen) atoms. The van der Waals surface area contributed by atoms with Gasteiger partial charge in [0.05, 0.1) is 30.4 Å². The second-order valence-corrected chi connectivity index (χ2v) is 5.55. The smallest absolute Gasteiger partial charge is 0.237 e. The van der Waals surface area contributed by atoms with Crippen LogP contribution in [0.4, 0.5) is 0 Å². The molecule has 2 heterocycles. The summed E-state index contributed by atoms with van der Waals surface area (Å²) in [4.78, 5) is 19.3. The van der Waals surface area contributed by atoms with Gasteiger partial charge in [0.2, 0.25) is 5.91 Å². The molecule has 0 radical (unpaired) electrons. The van der Waals surface area contributed by atoms with E-state index in [0.29, 0.717) is 32.0 Å². The summed E-state index contributed by atoms with van der Waals surface area (Å²) in [6.45, 7) is 6.89. The Morgan fingerprint density at radius 3 is 3.20 bits per heavy atom. The number of rotatable bonds is 7. The molecule has 1 aromatic rings. The van der Waals surface area contributed by atoms with Crippen LogP contribution in [0.1, 0.15) is 31.7 Å². The molecule has 6 heteroatoms. The fourth-order valence-corrected chi connectivity index (χ4v) is 2.15. The lowest BCUT2D eigenvalue weighted by molar-refractivity contribution is -0.123. The lowest BCUT2D eigenvalue weighted by Crippen LogP contribution is -2.48. The van der Waals surface area contributed by atoms with E-state index < -0.39 is 0 Å². The van der Waals surface area contributed by atoms with Gasteiger partial charge in [-0.3, -0.25) is 10.1 Å². The van der Waals surface area contributed by atoms with Crippen LogP contribution in [0, 0.1) is 5.92 Å². The number of H-pyrrole nitrogens is 1. The molecule has 1 aromatic heterocycles. The predicted octanol–water partition coefficient (Wildman–Crippen LogP) is 0.603. The van der Waals surface area contributed by atoms with Crippen molar-refractivity contribution in [3.63, 3.8) is 0 Å². The van der Waals surface area contributed by atoms with Crippen LogP contribution in [0.3, 0.4) is 0 Å². The van der Waals surface area contributed by atoms with Crippen LogP contribution in [-0.4, -0.2) is 41.7 Å². The fourth-order valence-electron chi connectivity index (χ4n) is 2.15. The van der Waals surface area contributed by atoms with Crippen LogP contribution in [-0.2, 0) is 22.5 Å². The SMILES string of the molecule is CC(C)CCOCCNC(=O)C1Cc2nc[nH]c2CN1. The van der Waals surface area contributed by atoms with Gasteiger partial charge in [-0.25, -0.2) is 4.98 Å². The normalized spacial score (nSPS) is 18.1. The zero-order chi connectivity index (χ0) is 14.4. The summed E-state index contributed by atoms with van der Waals surface area (Å²) >= 11 is 0. The highest BCUT2D eigenvalue weighted by molar-refractivity contribution is 5.82. The van der Waals surface area contributed by atoms with E-state index in [0.717, 1.165) is 24.4 Å². The first kappa shape index (κ1) is 15.0. The number of hydrogen-bond donors (Lipinski definition) is 3. The minimum absolute atomic E-state index is 0.0195. The molecule has 0 saturated heterocycles. The minimum atomic E-state index is -0.193. The topological polar surface area (TPSA) is 79.0 Å². The molecule has 0 saturated carbocycles. The van der Waals surface area contributed by atoms with E-state index in [2.05, 4.69) is 34.4 Å². The van der Waals surface area contributed by atoms with E-state index in [1.807, 2.05) is 0 Å². The molecule has 1 aliphatic heterocycles. The van der Waals surface area contributed by atoms with Gasteiger partial charge in [-0.15, -0.1) is 0 Å². The van der Waals surface area contributed by atoms with E-state index in [9.17, 15) is 4.79 Å². The highest BCUT2D eigenvalue weighted by Gasteiger charge is 2.25. The zero-order valence-corrected chi connectivity index (χ0v) is 12.2. The van der Waals surface area contributed by atoms with Gasteiger partial charge < -0.3 is 15.0 Å². The monoisotopic (exact) mass is 280 g/mol. The Bertz CT molecular complexity index is 431.